The minimum atomic E-state index is 0. The molecule has 0 amide bonds. The zero-order valence-electron chi connectivity index (χ0n) is 6.27. The first-order chi connectivity index (χ1) is 1.41. The Hall–Kier alpha value is 1.74. The van der Waals surface area contributed by atoms with Gasteiger partial charge >= 0.3 is 48.9 Å². The van der Waals surface area contributed by atoms with Gasteiger partial charge in [0.2, 0.25) is 0 Å². The summed E-state index contributed by atoms with van der Waals surface area (Å²) in [5, 5.41) is 7.57. The van der Waals surface area contributed by atoms with E-state index in [0.29, 0.717) is 0 Å². The van der Waals surface area contributed by atoms with E-state index in [2.05, 4.69) is 0 Å². The first-order valence-corrected chi connectivity index (χ1v) is 1.02. The van der Waals surface area contributed by atoms with E-state index in [1.807, 2.05) is 0 Å². The van der Waals surface area contributed by atoms with Crippen molar-refractivity contribution in [2.24, 2.45) is 0 Å². The third kappa shape index (κ3) is 84.1. The Bertz CT molecular complexity index is 19.8. The summed E-state index contributed by atoms with van der Waals surface area (Å²) in [7, 11) is 0. The van der Waals surface area contributed by atoms with Crippen molar-refractivity contribution in [3.63, 3.8) is 0 Å². The molecule has 0 atom stereocenters. The van der Waals surface area contributed by atoms with Gasteiger partial charge < -0.3 is 18.9 Å². The van der Waals surface area contributed by atoms with Gasteiger partial charge in [-0.25, -0.2) is 0 Å². The van der Waals surface area contributed by atoms with Gasteiger partial charge in [0.1, 0.15) is 0 Å². The van der Waals surface area contributed by atoms with Gasteiger partial charge in [-0.05, 0) is 6.92 Å². The Balaban J connectivity index is -0.00000000133. The number of rotatable bonds is 0. The average molecular weight is 258 g/mol. The molecule has 7 heavy (non-hydrogen) atoms. The maximum Gasteiger partial charge on any atom is 2.00 e. The maximum absolute atomic E-state index is 7.57. The van der Waals surface area contributed by atoms with Gasteiger partial charge in [0.05, 0.1) is 0 Å². The third-order valence-electron chi connectivity index (χ3n) is 0. The second kappa shape index (κ2) is 46.8. The fourth-order valence-electron chi connectivity index (χ4n) is 0. The largest absolute Gasteiger partial charge is 2.00 e. The molecule has 0 aromatic heterocycles. The second-order valence-corrected chi connectivity index (χ2v) is 0.316. The molecule has 0 spiro atoms. The summed E-state index contributed by atoms with van der Waals surface area (Å²) >= 11 is 0. The summed E-state index contributed by atoms with van der Waals surface area (Å²) in [5.74, 6) is 0. The normalized spacial score (nSPS) is 2.57. The molecule has 0 aliphatic heterocycles. The number of halogens is 1. The number of aliphatic hydroxyl groups is 1. The zero-order valence-corrected chi connectivity index (χ0v) is 9.53. The van der Waals surface area contributed by atoms with Crippen LogP contribution in [-0.2, 0) is 0 Å². The molecule has 0 heterocycles. The Morgan fingerprint density at radius 2 is 1.43 bits per heavy atom. The van der Waals surface area contributed by atoms with Crippen LogP contribution in [-0.4, -0.2) is 71.5 Å². The van der Waals surface area contributed by atoms with Crippen LogP contribution in [0.25, 0.3) is 0 Å². The van der Waals surface area contributed by atoms with E-state index in [4.69, 9.17) is 5.11 Å². The summed E-state index contributed by atoms with van der Waals surface area (Å²) in [6.45, 7) is 1.93. The zero-order chi connectivity index (χ0) is 2.71. The van der Waals surface area contributed by atoms with E-state index in [-0.39, 0.29) is 81.7 Å². The summed E-state index contributed by atoms with van der Waals surface area (Å²) in [5.41, 5.74) is 0. The van der Waals surface area contributed by atoms with Gasteiger partial charge in [0.15, 0.2) is 0 Å². The number of hydrogen-bond donors (Lipinski definition) is 1. The molecule has 0 fully saturated rings. The van der Waals surface area contributed by atoms with E-state index in [1.165, 1.54) is 0 Å². The van der Waals surface area contributed by atoms with Crippen LogP contribution in [0.5, 0.6) is 0 Å². The van der Waals surface area contributed by atoms with E-state index in [1.54, 1.807) is 6.92 Å². The van der Waals surface area contributed by atoms with Gasteiger partial charge in [0, 0.05) is 6.61 Å². The molecule has 48 valence electrons. The molecule has 0 rings (SSSR count). The minimum absolute atomic E-state index is 0. The number of hydrogen-bond acceptors (Lipinski definition) is 1. The van der Waals surface area contributed by atoms with Crippen molar-refractivity contribution >= 4 is 61.3 Å². The molecule has 0 aliphatic carbocycles. The molecule has 0 bridgehead atoms. The molecule has 0 saturated carbocycles. The van der Waals surface area contributed by atoms with Crippen molar-refractivity contribution < 1.29 is 18.9 Å². The molecule has 5 heteroatoms. The fraction of sp³-hybridized carbons (Fsp3) is 1.00. The molecular weight excluding hydrogens is 245 g/mol. The third-order valence-corrected chi connectivity index (χ3v) is 0. The van der Waals surface area contributed by atoms with E-state index in [9.17, 15) is 0 Å². The Kier molecular flexibility index (Phi) is 250. The number of aliphatic hydroxyl groups excluding tert-OH is 1. The Labute approximate surface area is 92.6 Å². The molecule has 0 aromatic rings. The van der Waals surface area contributed by atoms with Crippen molar-refractivity contribution in [2.45, 2.75) is 6.92 Å². The fourth-order valence-corrected chi connectivity index (χ4v) is 0. The van der Waals surface area contributed by atoms with Crippen LogP contribution in [0.4, 0.5) is 0 Å². The van der Waals surface area contributed by atoms with E-state index in [0.717, 1.165) is 0 Å². The molecule has 0 aromatic carbocycles. The van der Waals surface area contributed by atoms with Crippen LogP contribution in [0, 0.1) is 0 Å². The smallest absolute Gasteiger partial charge is 1.00 e. The minimum Gasteiger partial charge on any atom is -1.00 e. The summed E-state index contributed by atoms with van der Waals surface area (Å²) < 4.78 is 0. The van der Waals surface area contributed by atoms with Crippen molar-refractivity contribution in [1.82, 2.24) is 0 Å². The molecule has 0 aliphatic rings. The summed E-state index contributed by atoms with van der Waals surface area (Å²) in [6.07, 6.45) is 0. The molecule has 0 radical (unpaired) electrons. The predicted octanol–water partition coefficient (Wildman–Crippen LogP) is -1.38. The van der Waals surface area contributed by atoms with Crippen molar-refractivity contribution in [1.29, 1.82) is 0 Å². The van der Waals surface area contributed by atoms with Crippen LogP contribution in [0.2, 0.25) is 0 Å². The monoisotopic (exact) mass is 258 g/mol. The molecule has 0 unspecified atom stereocenters. The first kappa shape index (κ1) is 37.4. The van der Waals surface area contributed by atoms with Crippen LogP contribution >= 0.6 is 12.4 Å². The van der Waals surface area contributed by atoms with Gasteiger partial charge in [-0.15, -0.1) is 12.4 Å². The van der Waals surface area contributed by atoms with Gasteiger partial charge in [-0.1, -0.05) is 0 Å². The van der Waals surface area contributed by atoms with E-state index >= 15 is 0 Å². The van der Waals surface area contributed by atoms with Crippen LogP contribution in [0.15, 0.2) is 0 Å². The summed E-state index contributed by atoms with van der Waals surface area (Å²) in [6, 6.07) is 0. The SMILES string of the molecule is CCO.Cl.O.O.[Ba+2].[H-].[H-]. The standard InChI is InChI=1S/C2H6O.Ba.ClH.2H2O.2H/c1-2-3;;;;;;/h3H,2H2,1H3;;1H;2*1H2;;/q;+2;;;;2*-1. The molecule has 0 saturated heterocycles. The topological polar surface area (TPSA) is 83.2 Å². The van der Waals surface area contributed by atoms with Gasteiger partial charge in [-0.3, -0.25) is 0 Å². The average Bonchev–Trinajstić information content (AvgIpc) is 0.918. The second-order valence-electron chi connectivity index (χ2n) is 0.316. The van der Waals surface area contributed by atoms with Crippen LogP contribution in [0.3, 0.4) is 0 Å². The first-order valence-electron chi connectivity index (χ1n) is 1.02. The molecule has 3 nitrogen and oxygen atoms in total. The van der Waals surface area contributed by atoms with Gasteiger partial charge in [-0.2, -0.15) is 0 Å². The predicted molar refractivity (Wildman–Crippen MR) is 35.2 cm³/mol. The van der Waals surface area contributed by atoms with Gasteiger partial charge in [0.25, 0.3) is 0 Å². The quantitative estimate of drug-likeness (QED) is 0.533. The Morgan fingerprint density at radius 1 is 1.43 bits per heavy atom. The van der Waals surface area contributed by atoms with Crippen LogP contribution < -0.4 is 0 Å². The van der Waals surface area contributed by atoms with Crippen molar-refractivity contribution in [3.05, 3.63) is 0 Å². The van der Waals surface area contributed by atoms with Crippen molar-refractivity contribution in [2.75, 3.05) is 6.61 Å². The maximum atomic E-state index is 7.57. The Morgan fingerprint density at radius 3 is 1.43 bits per heavy atom. The van der Waals surface area contributed by atoms with E-state index < -0.39 is 0 Å². The summed E-state index contributed by atoms with van der Waals surface area (Å²) in [4.78, 5) is 0. The van der Waals surface area contributed by atoms with Crippen LogP contribution in [0.1, 0.15) is 9.78 Å². The molecular formula is C2H13BaClO3. The molecule has 5 N–H and O–H groups in total. The van der Waals surface area contributed by atoms with Crippen molar-refractivity contribution in [3.8, 4) is 0 Å².